The fourth-order valence-electron chi connectivity index (χ4n) is 2.40. The van der Waals surface area contributed by atoms with Crippen molar-refractivity contribution in [3.8, 4) is 0 Å². The number of nitrogens with one attached hydrogen (secondary N) is 1. The van der Waals surface area contributed by atoms with Crippen molar-refractivity contribution < 1.29 is 14.3 Å². The van der Waals surface area contributed by atoms with Crippen LogP contribution in [0.4, 0.5) is 0 Å². The van der Waals surface area contributed by atoms with Crippen LogP contribution in [-0.4, -0.2) is 24.7 Å². The number of methoxy groups -OCH3 is 1. The first-order chi connectivity index (χ1) is 12.3. The van der Waals surface area contributed by atoms with Crippen LogP contribution in [0.2, 0.25) is 0 Å². The molecule has 26 heavy (non-hydrogen) atoms. The number of rotatable bonds is 7. The Morgan fingerprint density at radius 1 is 1.19 bits per heavy atom. The normalized spacial score (nSPS) is 12.5. The van der Waals surface area contributed by atoms with Gasteiger partial charge in [-0.3, -0.25) is 9.59 Å². The molecule has 0 radical (unpaired) electrons. The number of carbonyl (C=O) groups excluding carboxylic acids is 2. The Morgan fingerprint density at radius 3 is 2.42 bits per heavy atom. The molecular weight excluding hydrogens is 366 g/mol. The first kappa shape index (κ1) is 20.5. The molecule has 0 aliphatic heterocycles. The van der Waals surface area contributed by atoms with E-state index in [0.29, 0.717) is 5.75 Å². The Morgan fingerprint density at radius 2 is 1.88 bits per heavy atom. The number of ether oxygens (including phenoxy) is 1. The van der Waals surface area contributed by atoms with Gasteiger partial charge in [0.25, 0.3) is 0 Å². The van der Waals surface area contributed by atoms with Gasteiger partial charge in [-0.2, -0.15) is 0 Å². The summed E-state index contributed by atoms with van der Waals surface area (Å²) in [5.74, 6) is -0.135. The highest BCUT2D eigenvalue weighted by Crippen LogP contribution is 2.26. The molecule has 0 aliphatic carbocycles. The van der Waals surface area contributed by atoms with Crippen LogP contribution in [0.1, 0.15) is 43.7 Å². The number of carbonyl (C=O) groups is 2. The molecule has 1 aromatic carbocycles. The quantitative estimate of drug-likeness (QED) is 0.555. The van der Waals surface area contributed by atoms with Gasteiger partial charge in [-0.15, -0.1) is 23.1 Å². The zero-order valence-electron chi connectivity index (χ0n) is 15.6. The third-order valence-electron chi connectivity index (χ3n) is 3.91. The lowest BCUT2D eigenvalue weighted by Crippen LogP contribution is -2.31. The van der Waals surface area contributed by atoms with Crippen LogP contribution >= 0.6 is 23.1 Å². The average Bonchev–Trinajstić information content (AvgIpc) is 3.13. The topological polar surface area (TPSA) is 55.4 Å². The summed E-state index contributed by atoms with van der Waals surface area (Å²) in [5.41, 5.74) is 1.38. The molecule has 2 rings (SSSR count). The molecule has 1 amide bonds. The molecule has 0 fully saturated rings. The van der Waals surface area contributed by atoms with Crippen LogP contribution in [0.3, 0.4) is 0 Å². The SMILES string of the molecule is COC(=O)CC(NC(=O)CSc1ccc(C(C)(C)C)cc1)c1cccs1. The summed E-state index contributed by atoms with van der Waals surface area (Å²) in [7, 11) is 1.35. The van der Waals surface area contributed by atoms with E-state index in [1.165, 1.54) is 35.8 Å². The smallest absolute Gasteiger partial charge is 0.307 e. The summed E-state index contributed by atoms with van der Waals surface area (Å²) in [4.78, 5) is 26.0. The van der Waals surface area contributed by atoms with Crippen molar-refractivity contribution in [1.29, 1.82) is 0 Å². The lowest BCUT2D eigenvalue weighted by atomic mass is 9.87. The number of thiophene rings is 1. The summed E-state index contributed by atoms with van der Waals surface area (Å²) >= 11 is 3.00. The Bertz CT molecular complexity index is 719. The first-order valence-electron chi connectivity index (χ1n) is 8.42. The standard InChI is InChI=1S/C20H25NO3S2/c1-20(2,3)14-7-9-15(10-8-14)26-13-18(22)21-16(12-19(23)24-4)17-6-5-11-25-17/h5-11,16H,12-13H2,1-4H3,(H,21,22). The second-order valence-corrected chi connectivity index (χ2v) is 9.01. The number of thioether (sulfide) groups is 1. The molecule has 1 heterocycles. The fourth-order valence-corrected chi connectivity index (χ4v) is 3.89. The molecule has 1 N–H and O–H groups in total. The van der Waals surface area contributed by atoms with Gasteiger partial charge in [0.15, 0.2) is 0 Å². The molecule has 0 bridgehead atoms. The van der Waals surface area contributed by atoms with Crippen molar-refractivity contribution in [2.24, 2.45) is 0 Å². The third-order valence-corrected chi connectivity index (χ3v) is 5.91. The number of benzene rings is 1. The first-order valence-corrected chi connectivity index (χ1v) is 10.3. The van der Waals surface area contributed by atoms with Gasteiger partial charge in [0, 0.05) is 9.77 Å². The van der Waals surface area contributed by atoms with Crippen LogP contribution in [-0.2, 0) is 19.7 Å². The van der Waals surface area contributed by atoms with E-state index in [4.69, 9.17) is 4.74 Å². The predicted molar refractivity (Wildman–Crippen MR) is 108 cm³/mol. The van der Waals surface area contributed by atoms with Gasteiger partial charge < -0.3 is 10.1 Å². The molecule has 2 aromatic rings. The summed E-state index contributed by atoms with van der Waals surface area (Å²) in [5, 5.41) is 4.87. The third kappa shape index (κ3) is 6.18. The van der Waals surface area contributed by atoms with Crippen molar-refractivity contribution >= 4 is 35.0 Å². The van der Waals surface area contributed by atoms with Crippen molar-refractivity contribution in [2.75, 3.05) is 12.9 Å². The van der Waals surface area contributed by atoms with Crippen LogP contribution in [0.5, 0.6) is 0 Å². The van der Waals surface area contributed by atoms with Gasteiger partial charge in [-0.1, -0.05) is 39.0 Å². The Kier molecular flexibility index (Phi) is 7.29. The molecule has 0 aliphatic rings. The maximum atomic E-state index is 12.3. The minimum absolute atomic E-state index is 0.0998. The van der Waals surface area contributed by atoms with Gasteiger partial charge in [0.2, 0.25) is 5.91 Å². The van der Waals surface area contributed by atoms with Gasteiger partial charge >= 0.3 is 5.97 Å². The second-order valence-electron chi connectivity index (χ2n) is 6.98. The summed E-state index contributed by atoms with van der Waals surface area (Å²) in [6, 6.07) is 11.8. The van der Waals surface area contributed by atoms with Crippen molar-refractivity contribution in [3.05, 3.63) is 52.2 Å². The fraction of sp³-hybridized carbons (Fsp3) is 0.400. The van der Waals surface area contributed by atoms with E-state index in [9.17, 15) is 9.59 Å². The molecule has 4 nitrogen and oxygen atoms in total. The van der Waals surface area contributed by atoms with E-state index in [0.717, 1.165) is 9.77 Å². The number of amides is 1. The van der Waals surface area contributed by atoms with Gasteiger partial charge in [-0.05, 0) is 34.6 Å². The second kappa shape index (κ2) is 9.24. The van der Waals surface area contributed by atoms with Crippen LogP contribution in [0, 0.1) is 0 Å². The molecule has 0 saturated carbocycles. The summed E-state index contributed by atoms with van der Waals surface area (Å²) in [6.45, 7) is 6.53. The largest absolute Gasteiger partial charge is 0.469 e. The van der Waals surface area contributed by atoms with E-state index in [2.05, 4.69) is 38.2 Å². The van der Waals surface area contributed by atoms with Crippen LogP contribution in [0.15, 0.2) is 46.7 Å². The monoisotopic (exact) mass is 391 g/mol. The number of hydrogen-bond donors (Lipinski definition) is 1. The highest BCUT2D eigenvalue weighted by atomic mass is 32.2. The summed E-state index contributed by atoms with van der Waals surface area (Å²) < 4.78 is 4.74. The minimum Gasteiger partial charge on any atom is -0.469 e. The highest BCUT2D eigenvalue weighted by molar-refractivity contribution is 8.00. The lowest BCUT2D eigenvalue weighted by Gasteiger charge is -2.19. The lowest BCUT2D eigenvalue weighted by molar-refractivity contribution is -0.141. The average molecular weight is 392 g/mol. The Balaban J connectivity index is 1.92. The van der Waals surface area contributed by atoms with Gasteiger partial charge in [0.1, 0.15) is 0 Å². The number of hydrogen-bond acceptors (Lipinski definition) is 5. The molecule has 1 atom stereocenters. The van der Waals surface area contributed by atoms with Crippen molar-refractivity contribution in [3.63, 3.8) is 0 Å². The van der Waals surface area contributed by atoms with Crippen LogP contribution < -0.4 is 5.32 Å². The van der Waals surface area contributed by atoms with Crippen LogP contribution in [0.25, 0.3) is 0 Å². The molecule has 6 heteroatoms. The molecule has 1 unspecified atom stereocenters. The molecule has 1 aromatic heterocycles. The van der Waals surface area contributed by atoms with E-state index >= 15 is 0 Å². The van der Waals surface area contributed by atoms with E-state index in [-0.39, 0.29) is 29.8 Å². The molecule has 0 saturated heterocycles. The maximum Gasteiger partial charge on any atom is 0.307 e. The predicted octanol–water partition coefficient (Wildman–Crippen LogP) is 4.56. The molecule has 140 valence electrons. The molecular formula is C20H25NO3S2. The Labute approximate surface area is 163 Å². The van der Waals surface area contributed by atoms with Gasteiger partial charge in [-0.25, -0.2) is 0 Å². The molecule has 0 spiro atoms. The van der Waals surface area contributed by atoms with Crippen molar-refractivity contribution in [1.82, 2.24) is 5.32 Å². The Hall–Kier alpha value is -1.79. The number of esters is 1. The zero-order valence-corrected chi connectivity index (χ0v) is 17.2. The van der Waals surface area contributed by atoms with E-state index < -0.39 is 0 Å². The van der Waals surface area contributed by atoms with E-state index in [1.807, 2.05) is 29.6 Å². The summed E-state index contributed by atoms with van der Waals surface area (Å²) in [6.07, 6.45) is 0.133. The minimum atomic E-state index is -0.348. The maximum absolute atomic E-state index is 12.3. The van der Waals surface area contributed by atoms with Gasteiger partial charge in [0.05, 0.1) is 25.3 Å². The zero-order chi connectivity index (χ0) is 19.2. The van der Waals surface area contributed by atoms with E-state index in [1.54, 1.807) is 0 Å². The van der Waals surface area contributed by atoms with Crippen molar-refractivity contribution in [2.45, 2.75) is 43.5 Å². The highest BCUT2D eigenvalue weighted by Gasteiger charge is 2.20.